The Morgan fingerprint density at radius 3 is 2.90 bits per heavy atom. The molecule has 1 aliphatic rings. The zero-order valence-corrected chi connectivity index (χ0v) is 13.5. The van der Waals surface area contributed by atoms with Crippen LogP contribution in [0.3, 0.4) is 0 Å². The van der Waals surface area contributed by atoms with Gasteiger partial charge in [0.2, 0.25) is 0 Å². The first-order valence-corrected chi connectivity index (χ1v) is 7.89. The van der Waals surface area contributed by atoms with Crippen molar-refractivity contribution in [3.8, 4) is 0 Å². The first kappa shape index (κ1) is 15.8. The first-order valence-electron chi connectivity index (χ1n) is 6.72. The van der Waals surface area contributed by atoms with Crippen LogP contribution in [0, 0.1) is 0 Å². The Hall–Kier alpha value is -0.550. The van der Waals surface area contributed by atoms with Crippen LogP contribution in [-0.4, -0.2) is 30.9 Å². The van der Waals surface area contributed by atoms with E-state index in [-0.39, 0.29) is 0 Å². The number of nitrogens with one attached hydrogen (secondary N) is 2. The van der Waals surface area contributed by atoms with Gasteiger partial charge >= 0.3 is 0 Å². The zero-order chi connectivity index (χ0) is 14.4. The van der Waals surface area contributed by atoms with Crippen molar-refractivity contribution in [1.82, 2.24) is 10.6 Å². The molecular weight excluding hydrogens is 315 g/mol. The molecule has 1 heterocycles. The highest BCUT2D eigenvalue weighted by molar-refractivity contribution is 7.80. The lowest BCUT2D eigenvalue weighted by molar-refractivity contribution is 0.114. The predicted octanol–water partition coefficient (Wildman–Crippen LogP) is 3.18. The zero-order valence-electron chi connectivity index (χ0n) is 11.1. The number of thiocarbonyl (C=S) groups is 1. The van der Waals surface area contributed by atoms with Gasteiger partial charge < -0.3 is 15.4 Å². The molecule has 0 bridgehead atoms. The third-order valence-corrected chi connectivity index (χ3v) is 4.08. The molecule has 1 fully saturated rings. The average Bonchev–Trinajstić information content (AvgIpc) is 2.92. The lowest BCUT2D eigenvalue weighted by Gasteiger charge is -2.14. The monoisotopic (exact) mass is 332 g/mol. The third kappa shape index (κ3) is 5.09. The van der Waals surface area contributed by atoms with Crippen molar-refractivity contribution in [3.05, 3.63) is 33.8 Å². The Labute approximate surface area is 135 Å². The molecule has 0 amide bonds. The summed E-state index contributed by atoms with van der Waals surface area (Å²) < 4.78 is 5.52. The topological polar surface area (TPSA) is 33.3 Å². The third-order valence-electron chi connectivity index (χ3n) is 3.21. The summed E-state index contributed by atoms with van der Waals surface area (Å²) >= 11 is 17.2. The van der Waals surface area contributed by atoms with Gasteiger partial charge in [0.1, 0.15) is 0 Å². The molecule has 1 aromatic rings. The molecule has 0 aromatic heterocycles. The number of rotatable bonds is 5. The number of hydrogen-bond donors (Lipinski definition) is 2. The van der Waals surface area contributed by atoms with E-state index < -0.39 is 0 Å². The summed E-state index contributed by atoms with van der Waals surface area (Å²) in [6.45, 7) is 2.37. The second-order valence-corrected chi connectivity index (χ2v) is 6.01. The van der Waals surface area contributed by atoms with Gasteiger partial charge in [0, 0.05) is 29.7 Å². The van der Waals surface area contributed by atoms with Crippen molar-refractivity contribution >= 4 is 40.5 Å². The molecule has 0 aliphatic carbocycles. The van der Waals surface area contributed by atoms with Crippen LogP contribution in [0.5, 0.6) is 0 Å². The summed E-state index contributed by atoms with van der Waals surface area (Å²) in [6.07, 6.45) is 3.34. The fourth-order valence-corrected chi connectivity index (χ4v) is 2.80. The van der Waals surface area contributed by atoms with Gasteiger partial charge in [0.15, 0.2) is 5.11 Å². The van der Waals surface area contributed by atoms with Crippen molar-refractivity contribution in [3.63, 3.8) is 0 Å². The summed E-state index contributed by atoms with van der Waals surface area (Å²) in [4.78, 5) is 0. The van der Waals surface area contributed by atoms with Crippen LogP contribution in [0.15, 0.2) is 18.2 Å². The SMILES string of the molecule is S=C(NCCc1ccc(Cl)cc1Cl)NCC1CCCO1. The Morgan fingerprint density at radius 1 is 1.35 bits per heavy atom. The molecule has 20 heavy (non-hydrogen) atoms. The Balaban J connectivity index is 1.65. The van der Waals surface area contributed by atoms with Gasteiger partial charge in [-0.2, -0.15) is 0 Å². The smallest absolute Gasteiger partial charge is 0.166 e. The van der Waals surface area contributed by atoms with Crippen LogP contribution >= 0.6 is 35.4 Å². The van der Waals surface area contributed by atoms with Crippen LogP contribution in [0.4, 0.5) is 0 Å². The minimum absolute atomic E-state index is 0.292. The molecule has 2 N–H and O–H groups in total. The van der Waals surface area contributed by atoms with Gasteiger partial charge in [-0.3, -0.25) is 0 Å². The maximum atomic E-state index is 6.11. The summed E-state index contributed by atoms with van der Waals surface area (Å²) in [7, 11) is 0. The summed E-state index contributed by atoms with van der Waals surface area (Å²) in [6, 6.07) is 5.54. The maximum absolute atomic E-state index is 6.11. The lowest BCUT2D eigenvalue weighted by Crippen LogP contribution is -2.40. The van der Waals surface area contributed by atoms with E-state index in [1.54, 1.807) is 6.07 Å². The average molecular weight is 333 g/mol. The number of ether oxygens (including phenoxy) is 1. The van der Waals surface area contributed by atoms with E-state index >= 15 is 0 Å². The van der Waals surface area contributed by atoms with Gasteiger partial charge in [-0.25, -0.2) is 0 Å². The Kier molecular flexibility index (Phi) is 6.36. The standard InChI is InChI=1S/C14H18Cl2N2OS/c15-11-4-3-10(13(16)8-11)5-6-17-14(20)18-9-12-2-1-7-19-12/h3-4,8,12H,1-2,5-7,9H2,(H2,17,18,20). The fraction of sp³-hybridized carbons (Fsp3) is 0.500. The molecule has 1 aromatic carbocycles. The normalized spacial score (nSPS) is 18.0. The van der Waals surface area contributed by atoms with Crippen LogP contribution < -0.4 is 10.6 Å². The molecule has 1 unspecified atom stereocenters. The van der Waals surface area contributed by atoms with E-state index in [1.165, 1.54) is 0 Å². The van der Waals surface area contributed by atoms with E-state index in [1.807, 2.05) is 12.1 Å². The second kappa shape index (κ2) is 8.03. The van der Waals surface area contributed by atoms with Gasteiger partial charge in [0.25, 0.3) is 0 Å². The molecule has 3 nitrogen and oxygen atoms in total. The van der Waals surface area contributed by atoms with Crippen molar-refractivity contribution in [2.24, 2.45) is 0 Å². The fourth-order valence-electron chi connectivity index (χ4n) is 2.11. The molecule has 1 saturated heterocycles. The van der Waals surface area contributed by atoms with Crippen molar-refractivity contribution in [1.29, 1.82) is 0 Å². The maximum Gasteiger partial charge on any atom is 0.166 e. The van der Waals surface area contributed by atoms with E-state index in [4.69, 9.17) is 40.2 Å². The van der Waals surface area contributed by atoms with Gasteiger partial charge in [-0.15, -0.1) is 0 Å². The van der Waals surface area contributed by atoms with Crippen molar-refractivity contribution in [2.75, 3.05) is 19.7 Å². The lowest BCUT2D eigenvalue weighted by atomic mass is 10.1. The molecule has 0 radical (unpaired) electrons. The second-order valence-electron chi connectivity index (χ2n) is 4.76. The van der Waals surface area contributed by atoms with Gasteiger partial charge in [-0.05, 0) is 49.2 Å². The number of benzene rings is 1. The minimum Gasteiger partial charge on any atom is -0.376 e. The molecule has 6 heteroatoms. The number of halogens is 2. The summed E-state index contributed by atoms with van der Waals surface area (Å²) in [5.41, 5.74) is 1.06. The summed E-state index contributed by atoms with van der Waals surface area (Å²) in [5, 5.41) is 8.35. The van der Waals surface area contributed by atoms with Gasteiger partial charge in [0.05, 0.1) is 6.10 Å². The first-order chi connectivity index (χ1) is 9.65. The van der Waals surface area contributed by atoms with E-state index in [0.717, 1.165) is 44.5 Å². The van der Waals surface area contributed by atoms with Crippen LogP contribution in [0.2, 0.25) is 10.0 Å². The van der Waals surface area contributed by atoms with E-state index in [9.17, 15) is 0 Å². The highest BCUT2D eigenvalue weighted by Crippen LogP contribution is 2.21. The number of hydrogen-bond acceptors (Lipinski definition) is 2. The molecule has 110 valence electrons. The largest absolute Gasteiger partial charge is 0.376 e. The molecule has 0 saturated carbocycles. The van der Waals surface area contributed by atoms with Gasteiger partial charge in [-0.1, -0.05) is 29.3 Å². The minimum atomic E-state index is 0.292. The van der Waals surface area contributed by atoms with E-state index in [2.05, 4.69) is 10.6 Å². The highest BCUT2D eigenvalue weighted by atomic mass is 35.5. The van der Waals surface area contributed by atoms with Crippen molar-refractivity contribution in [2.45, 2.75) is 25.4 Å². The molecule has 0 spiro atoms. The Bertz CT molecular complexity index is 464. The van der Waals surface area contributed by atoms with Crippen LogP contribution in [-0.2, 0) is 11.2 Å². The predicted molar refractivity (Wildman–Crippen MR) is 87.7 cm³/mol. The highest BCUT2D eigenvalue weighted by Gasteiger charge is 2.15. The molecule has 1 atom stereocenters. The molecular formula is C14H18Cl2N2OS. The van der Waals surface area contributed by atoms with Crippen LogP contribution in [0.1, 0.15) is 18.4 Å². The van der Waals surface area contributed by atoms with Crippen LogP contribution in [0.25, 0.3) is 0 Å². The Morgan fingerprint density at radius 2 is 2.20 bits per heavy atom. The molecule has 2 rings (SSSR count). The molecule has 1 aliphatic heterocycles. The quantitative estimate of drug-likeness (QED) is 0.811. The van der Waals surface area contributed by atoms with Crippen molar-refractivity contribution < 1.29 is 4.74 Å². The summed E-state index contributed by atoms with van der Waals surface area (Å²) in [5.74, 6) is 0. The van der Waals surface area contributed by atoms with E-state index in [0.29, 0.717) is 21.3 Å².